The largest absolute Gasteiger partial charge is 0.502 e. The molecule has 38 heavy (non-hydrogen) atoms. The van der Waals surface area contributed by atoms with Crippen molar-refractivity contribution in [2.45, 2.75) is 31.1 Å². The lowest BCUT2D eigenvalue weighted by Crippen LogP contribution is -2.57. The Morgan fingerprint density at radius 3 is 2.29 bits per heavy atom. The number of amides is 3. The zero-order valence-corrected chi connectivity index (χ0v) is 21.8. The van der Waals surface area contributed by atoms with Crippen molar-refractivity contribution in [3.8, 4) is 5.75 Å². The number of imide groups is 1. The molecule has 1 saturated heterocycles. The lowest BCUT2D eigenvalue weighted by atomic mass is 10.0. The van der Waals surface area contributed by atoms with Gasteiger partial charge in [-0.3, -0.25) is 34.4 Å². The van der Waals surface area contributed by atoms with Gasteiger partial charge in [0.05, 0.1) is 22.6 Å². The molecule has 5 rings (SSSR count). The maximum atomic E-state index is 13.9. The molecule has 2 aromatic rings. The number of phenolic OH excluding ortho intramolecular Hbond substituents is 1. The molecule has 1 atom stereocenters. The minimum absolute atomic E-state index is 0.0333. The second-order valence-corrected chi connectivity index (χ2v) is 11.8. The Morgan fingerprint density at radius 2 is 1.74 bits per heavy atom. The average Bonchev–Trinajstić information content (AvgIpc) is 3.39. The zero-order valence-electron chi connectivity index (χ0n) is 21.0. The summed E-state index contributed by atoms with van der Waals surface area (Å²) in [6.45, 7) is 6.89. The van der Waals surface area contributed by atoms with Crippen LogP contribution in [0.3, 0.4) is 0 Å². The van der Waals surface area contributed by atoms with Gasteiger partial charge in [0.1, 0.15) is 6.04 Å². The molecule has 3 aliphatic heterocycles. The topological polar surface area (TPSA) is 137 Å². The van der Waals surface area contributed by atoms with E-state index in [1.54, 1.807) is 40.9 Å². The number of amidine groups is 1. The Morgan fingerprint density at radius 1 is 1.11 bits per heavy atom. The highest BCUT2D eigenvalue weighted by molar-refractivity contribution is 8.15. The lowest BCUT2D eigenvalue weighted by molar-refractivity contribution is -0.385. The molecule has 2 aromatic carbocycles. The van der Waals surface area contributed by atoms with Gasteiger partial charge < -0.3 is 14.9 Å². The third kappa shape index (κ3) is 4.71. The third-order valence-electron chi connectivity index (χ3n) is 6.91. The molecule has 3 heterocycles. The van der Waals surface area contributed by atoms with Crippen LogP contribution in [0, 0.1) is 10.1 Å². The fourth-order valence-electron chi connectivity index (χ4n) is 4.91. The minimum Gasteiger partial charge on any atom is -0.502 e. The van der Waals surface area contributed by atoms with E-state index >= 15 is 0 Å². The number of benzene rings is 2. The van der Waals surface area contributed by atoms with Gasteiger partial charge in [-0.05, 0) is 37.6 Å². The quantitative estimate of drug-likeness (QED) is 0.349. The summed E-state index contributed by atoms with van der Waals surface area (Å²) in [7, 11) is 0. The van der Waals surface area contributed by atoms with Crippen molar-refractivity contribution in [2.24, 2.45) is 4.99 Å². The molecule has 11 nitrogen and oxygen atoms in total. The van der Waals surface area contributed by atoms with Crippen molar-refractivity contribution < 1.29 is 24.4 Å². The summed E-state index contributed by atoms with van der Waals surface area (Å²) in [5.41, 5.74) is 0.274. The van der Waals surface area contributed by atoms with Crippen LogP contribution < -0.4 is 0 Å². The summed E-state index contributed by atoms with van der Waals surface area (Å²) >= 11 is 1.71. The van der Waals surface area contributed by atoms with Crippen molar-refractivity contribution in [2.75, 3.05) is 32.7 Å². The van der Waals surface area contributed by atoms with Crippen molar-refractivity contribution in [1.82, 2.24) is 14.7 Å². The first kappa shape index (κ1) is 25.7. The number of aliphatic imine (C=N–C) groups is 1. The summed E-state index contributed by atoms with van der Waals surface area (Å²) in [4.78, 5) is 60.5. The number of nitrogens with zero attached hydrogens (tertiary/aromatic N) is 5. The van der Waals surface area contributed by atoms with Gasteiger partial charge in [-0.2, -0.15) is 0 Å². The molecule has 12 heteroatoms. The van der Waals surface area contributed by atoms with Crippen LogP contribution >= 0.6 is 11.8 Å². The molecule has 0 aromatic heterocycles. The number of hydrogen-bond acceptors (Lipinski definition) is 9. The van der Waals surface area contributed by atoms with E-state index in [1.807, 2.05) is 0 Å². The zero-order chi connectivity index (χ0) is 27.2. The number of carbonyl (C=O) groups excluding carboxylic acids is 3. The molecule has 1 fully saturated rings. The smallest absolute Gasteiger partial charge is 0.310 e. The van der Waals surface area contributed by atoms with Gasteiger partial charge in [0.2, 0.25) is 5.91 Å². The van der Waals surface area contributed by atoms with Crippen LogP contribution in [0.1, 0.15) is 40.1 Å². The second-order valence-electron chi connectivity index (χ2n) is 10.1. The summed E-state index contributed by atoms with van der Waals surface area (Å²) in [6.07, 6.45) is -0.123. The van der Waals surface area contributed by atoms with Gasteiger partial charge in [0, 0.05) is 43.4 Å². The van der Waals surface area contributed by atoms with Crippen molar-refractivity contribution in [3.63, 3.8) is 0 Å². The van der Waals surface area contributed by atoms with E-state index in [0.29, 0.717) is 31.7 Å². The molecule has 3 aliphatic rings. The average molecular weight is 538 g/mol. The monoisotopic (exact) mass is 537 g/mol. The van der Waals surface area contributed by atoms with Crippen LogP contribution in [0.2, 0.25) is 0 Å². The van der Waals surface area contributed by atoms with E-state index in [-0.39, 0.29) is 22.3 Å². The van der Waals surface area contributed by atoms with E-state index in [9.17, 15) is 29.6 Å². The second kappa shape index (κ2) is 9.75. The molecule has 0 bridgehead atoms. The molecule has 198 valence electrons. The Balaban J connectivity index is 1.40. The SMILES string of the molecule is CC1(C)CN=C(N2CCN(C(=O)C(Cc3ccc(O)c([N+](=O)[O-])c3)N3C(=O)c4ccccc4C3=O)CC2)S1. The third-order valence-corrected chi connectivity index (χ3v) is 8.16. The molecule has 1 unspecified atom stereocenters. The predicted molar refractivity (Wildman–Crippen MR) is 141 cm³/mol. The number of phenols is 1. The van der Waals surface area contributed by atoms with Crippen molar-refractivity contribution in [3.05, 3.63) is 69.3 Å². The molecule has 0 radical (unpaired) electrons. The van der Waals surface area contributed by atoms with Crippen LogP contribution in [0.4, 0.5) is 5.69 Å². The molecule has 3 amide bonds. The highest BCUT2D eigenvalue weighted by Crippen LogP contribution is 2.34. The first-order chi connectivity index (χ1) is 18.1. The normalized spacial score (nSPS) is 19.4. The minimum atomic E-state index is -1.20. The number of aromatic hydroxyl groups is 1. The molecular weight excluding hydrogens is 510 g/mol. The van der Waals surface area contributed by atoms with Crippen molar-refractivity contribution >= 4 is 40.3 Å². The Hall–Kier alpha value is -3.93. The van der Waals surface area contributed by atoms with E-state index in [4.69, 9.17) is 0 Å². The number of nitro benzene ring substituents is 1. The van der Waals surface area contributed by atoms with Crippen LogP contribution in [0.15, 0.2) is 47.5 Å². The van der Waals surface area contributed by atoms with Gasteiger partial charge in [-0.15, -0.1) is 0 Å². The summed E-state index contributed by atoms with van der Waals surface area (Å²) < 4.78 is 0.0333. The van der Waals surface area contributed by atoms with Gasteiger partial charge in [0.15, 0.2) is 10.9 Å². The highest BCUT2D eigenvalue weighted by Gasteiger charge is 2.44. The molecule has 0 spiro atoms. The standard InChI is InChI=1S/C26H27N5O6S/c1-26(2)15-27-25(38-26)29-11-9-28(10-12-29)24(35)20(14-16-7-8-21(32)19(13-16)31(36)37)30-22(33)17-5-3-4-6-18(17)23(30)34/h3-8,13,20,32H,9-12,14-15H2,1-2H3. The summed E-state index contributed by atoms with van der Waals surface area (Å²) in [5.74, 6) is -2.06. The number of fused-ring (bicyclic) bond motifs is 1. The van der Waals surface area contributed by atoms with Gasteiger partial charge in [-0.25, -0.2) is 0 Å². The number of hydrogen-bond donors (Lipinski definition) is 1. The van der Waals surface area contributed by atoms with Crippen molar-refractivity contribution in [1.29, 1.82) is 0 Å². The molecule has 0 saturated carbocycles. The Labute approximate surface area is 223 Å². The van der Waals surface area contributed by atoms with Crippen LogP contribution in [-0.4, -0.2) is 91.1 Å². The fourth-order valence-corrected chi connectivity index (χ4v) is 5.97. The van der Waals surface area contributed by atoms with Crippen LogP contribution in [0.25, 0.3) is 0 Å². The number of nitro groups is 1. The molecule has 1 N–H and O–H groups in total. The maximum Gasteiger partial charge on any atom is 0.310 e. The van der Waals surface area contributed by atoms with E-state index in [0.717, 1.165) is 16.6 Å². The summed E-state index contributed by atoms with van der Waals surface area (Å²) in [6, 6.07) is 8.99. The maximum absolute atomic E-state index is 13.9. The van der Waals surface area contributed by atoms with E-state index in [2.05, 4.69) is 23.7 Å². The van der Waals surface area contributed by atoms with E-state index in [1.165, 1.54) is 18.2 Å². The number of thioether (sulfide) groups is 1. The lowest BCUT2D eigenvalue weighted by Gasteiger charge is -2.38. The number of carbonyl (C=O) groups is 3. The van der Waals surface area contributed by atoms with E-state index < -0.39 is 40.1 Å². The van der Waals surface area contributed by atoms with Gasteiger partial charge in [-0.1, -0.05) is 30.0 Å². The van der Waals surface area contributed by atoms with Gasteiger partial charge >= 0.3 is 5.69 Å². The predicted octanol–water partition coefficient (Wildman–Crippen LogP) is 2.53. The number of piperazine rings is 1. The van der Waals surface area contributed by atoms with Crippen LogP contribution in [0.5, 0.6) is 5.75 Å². The highest BCUT2D eigenvalue weighted by atomic mass is 32.2. The Bertz CT molecular complexity index is 1330. The number of rotatable bonds is 5. The molecular formula is C26H27N5O6S. The Kier molecular flexibility index (Phi) is 6.59. The first-order valence-electron chi connectivity index (χ1n) is 12.3. The fraction of sp³-hybridized carbons (Fsp3) is 0.385. The van der Waals surface area contributed by atoms with Crippen LogP contribution in [-0.2, 0) is 11.2 Å². The van der Waals surface area contributed by atoms with Gasteiger partial charge in [0.25, 0.3) is 11.8 Å². The first-order valence-corrected chi connectivity index (χ1v) is 13.1. The summed E-state index contributed by atoms with van der Waals surface area (Å²) in [5, 5.41) is 22.2. The molecule has 0 aliphatic carbocycles.